The average Bonchev–Trinajstić information content (AvgIpc) is 3.35. The summed E-state index contributed by atoms with van der Waals surface area (Å²) in [6.07, 6.45) is 0.941. The molecule has 4 aromatic rings. The lowest BCUT2D eigenvalue weighted by Crippen LogP contribution is -2.15. The third kappa shape index (κ3) is 6.83. The molecule has 0 unspecified atom stereocenters. The van der Waals surface area contributed by atoms with Crippen LogP contribution in [-0.2, 0) is 13.2 Å². The zero-order chi connectivity index (χ0) is 25.3. The van der Waals surface area contributed by atoms with E-state index in [1.165, 1.54) is 0 Å². The first kappa shape index (κ1) is 26.6. The number of thioether (sulfide) groups is 1. The number of rotatable bonds is 12. The molecule has 3 aromatic carbocycles. The summed E-state index contributed by atoms with van der Waals surface area (Å²) < 4.78 is 13.2. The van der Waals surface area contributed by atoms with Crippen LogP contribution in [0.1, 0.15) is 17.5 Å². The van der Waals surface area contributed by atoms with Crippen LogP contribution in [0.25, 0.3) is 5.69 Å². The van der Waals surface area contributed by atoms with Gasteiger partial charge in [-0.3, -0.25) is 0 Å². The summed E-state index contributed by atoms with van der Waals surface area (Å²) in [6, 6.07) is 18.9. The number of aromatic nitrogens is 4. The summed E-state index contributed by atoms with van der Waals surface area (Å²) in [5.41, 5.74) is 2.62. The Morgan fingerprint density at radius 1 is 0.972 bits per heavy atom. The molecule has 11 heteroatoms. The minimum absolute atomic E-state index is 0.178. The van der Waals surface area contributed by atoms with Crippen molar-refractivity contribution in [2.75, 3.05) is 19.4 Å². The van der Waals surface area contributed by atoms with Gasteiger partial charge in [-0.2, -0.15) is 4.68 Å². The van der Waals surface area contributed by atoms with Gasteiger partial charge in [-0.05, 0) is 65.4 Å². The predicted octanol–water partition coefficient (Wildman–Crippen LogP) is 6.48. The van der Waals surface area contributed by atoms with Crippen LogP contribution in [0.15, 0.2) is 65.8 Å². The second-order valence-corrected chi connectivity index (χ2v) is 9.97. The van der Waals surface area contributed by atoms with Crippen LogP contribution >= 0.6 is 46.6 Å². The first-order valence-corrected chi connectivity index (χ1v) is 13.3. The second kappa shape index (κ2) is 13.2. The Hall–Kier alpha value is -2.49. The smallest absolute Gasteiger partial charge is 0.214 e. The van der Waals surface area contributed by atoms with Crippen molar-refractivity contribution >= 4 is 46.6 Å². The topological polar surface area (TPSA) is 74.1 Å². The number of para-hydroxylation sites is 1. The van der Waals surface area contributed by atoms with Crippen LogP contribution in [0, 0.1) is 0 Å². The van der Waals surface area contributed by atoms with E-state index in [2.05, 4.69) is 20.8 Å². The summed E-state index contributed by atoms with van der Waals surface area (Å²) in [7, 11) is 1.58. The lowest BCUT2D eigenvalue weighted by Gasteiger charge is -2.15. The van der Waals surface area contributed by atoms with Gasteiger partial charge >= 0.3 is 0 Å². The van der Waals surface area contributed by atoms with Gasteiger partial charge in [0.25, 0.3) is 0 Å². The monoisotopic (exact) mass is 563 g/mol. The van der Waals surface area contributed by atoms with Crippen molar-refractivity contribution in [1.29, 1.82) is 0 Å². The molecule has 0 radical (unpaired) electrons. The van der Waals surface area contributed by atoms with Crippen molar-refractivity contribution in [3.63, 3.8) is 0 Å². The Balaban J connectivity index is 1.26. The Morgan fingerprint density at radius 3 is 2.50 bits per heavy atom. The summed E-state index contributed by atoms with van der Waals surface area (Å²) >= 11 is 20.6. The summed E-state index contributed by atoms with van der Waals surface area (Å²) in [4.78, 5) is 0. The molecule has 1 N–H and O–H groups in total. The molecule has 0 aliphatic heterocycles. The maximum Gasteiger partial charge on any atom is 0.214 e. The minimum Gasteiger partial charge on any atom is -0.493 e. The zero-order valence-corrected chi connectivity index (χ0v) is 22.5. The van der Waals surface area contributed by atoms with E-state index in [4.69, 9.17) is 44.3 Å². The molecule has 0 atom stereocenters. The standard InChI is InChI=1S/C25H24Cl3N5O2S/c1-34-23-14-17(13-22(28)24(23)35-16-19-20(26)9-5-10-21(19)27)15-29-11-6-12-36-25-30-31-32-33(25)18-7-3-2-4-8-18/h2-5,7-10,13-14,29H,6,11-12,15-16H2,1H3. The lowest BCUT2D eigenvalue weighted by molar-refractivity contribution is 0.284. The quantitative estimate of drug-likeness (QED) is 0.156. The third-order valence-electron chi connectivity index (χ3n) is 5.21. The molecule has 7 nitrogen and oxygen atoms in total. The van der Waals surface area contributed by atoms with E-state index in [-0.39, 0.29) is 6.61 Å². The Bertz CT molecular complexity index is 1270. The molecule has 1 aromatic heterocycles. The fourth-order valence-corrected chi connectivity index (χ4v) is 5.05. The number of ether oxygens (including phenoxy) is 2. The van der Waals surface area contributed by atoms with Gasteiger partial charge < -0.3 is 14.8 Å². The van der Waals surface area contributed by atoms with Gasteiger partial charge in [-0.1, -0.05) is 70.8 Å². The van der Waals surface area contributed by atoms with Gasteiger partial charge in [0.15, 0.2) is 11.5 Å². The molecule has 0 amide bonds. The average molecular weight is 565 g/mol. The molecule has 4 rings (SSSR count). The largest absolute Gasteiger partial charge is 0.493 e. The number of hydrogen-bond acceptors (Lipinski definition) is 7. The van der Waals surface area contributed by atoms with E-state index in [1.807, 2.05) is 42.5 Å². The van der Waals surface area contributed by atoms with Crippen LogP contribution in [-0.4, -0.2) is 39.6 Å². The highest BCUT2D eigenvalue weighted by Gasteiger charge is 2.14. The Kier molecular flexibility index (Phi) is 9.72. The maximum atomic E-state index is 6.52. The minimum atomic E-state index is 0.178. The first-order valence-electron chi connectivity index (χ1n) is 11.2. The number of tetrazole rings is 1. The van der Waals surface area contributed by atoms with E-state index < -0.39 is 0 Å². The molecule has 0 saturated heterocycles. The molecule has 0 fully saturated rings. The lowest BCUT2D eigenvalue weighted by atomic mass is 10.2. The highest BCUT2D eigenvalue weighted by atomic mass is 35.5. The van der Waals surface area contributed by atoms with E-state index >= 15 is 0 Å². The molecule has 0 aliphatic carbocycles. The van der Waals surface area contributed by atoms with Crippen molar-refractivity contribution in [1.82, 2.24) is 25.5 Å². The molecular weight excluding hydrogens is 541 g/mol. The Morgan fingerprint density at radius 2 is 1.75 bits per heavy atom. The first-order chi connectivity index (χ1) is 17.6. The van der Waals surface area contributed by atoms with Crippen LogP contribution in [0.3, 0.4) is 0 Å². The highest BCUT2D eigenvalue weighted by Crippen LogP contribution is 2.38. The number of methoxy groups -OCH3 is 1. The molecular formula is C25H24Cl3N5O2S. The van der Waals surface area contributed by atoms with Crippen LogP contribution in [0.4, 0.5) is 0 Å². The normalized spacial score (nSPS) is 11.0. The van der Waals surface area contributed by atoms with E-state index in [0.29, 0.717) is 38.7 Å². The molecule has 0 aliphatic rings. The van der Waals surface area contributed by atoms with Crippen molar-refractivity contribution in [2.24, 2.45) is 0 Å². The van der Waals surface area contributed by atoms with Crippen molar-refractivity contribution in [3.8, 4) is 17.2 Å². The van der Waals surface area contributed by atoms with Gasteiger partial charge in [0.05, 0.1) is 17.8 Å². The van der Waals surface area contributed by atoms with E-state index in [1.54, 1.807) is 41.8 Å². The second-order valence-electron chi connectivity index (χ2n) is 7.69. The summed E-state index contributed by atoms with van der Waals surface area (Å²) in [6.45, 7) is 1.64. The summed E-state index contributed by atoms with van der Waals surface area (Å²) in [5.74, 6) is 1.87. The SMILES string of the molecule is COc1cc(CNCCCSc2nnnn2-c2ccccc2)cc(Cl)c1OCc1c(Cl)cccc1Cl. The fraction of sp³-hybridized carbons (Fsp3) is 0.240. The molecule has 0 bridgehead atoms. The van der Waals surface area contributed by atoms with Crippen molar-refractivity contribution in [2.45, 2.75) is 24.7 Å². The van der Waals surface area contributed by atoms with Crippen molar-refractivity contribution in [3.05, 3.63) is 86.9 Å². The Labute approximate surface area is 229 Å². The van der Waals surface area contributed by atoms with Gasteiger partial charge in [0.2, 0.25) is 5.16 Å². The molecule has 36 heavy (non-hydrogen) atoms. The summed E-state index contributed by atoms with van der Waals surface area (Å²) in [5, 5.41) is 17.7. The van der Waals surface area contributed by atoms with Gasteiger partial charge in [0.1, 0.15) is 6.61 Å². The van der Waals surface area contributed by atoms with Crippen molar-refractivity contribution < 1.29 is 9.47 Å². The number of nitrogens with zero attached hydrogens (tertiary/aromatic N) is 4. The predicted molar refractivity (Wildman–Crippen MR) is 145 cm³/mol. The number of halogens is 3. The number of hydrogen-bond donors (Lipinski definition) is 1. The molecule has 0 saturated carbocycles. The molecule has 0 spiro atoms. The fourth-order valence-electron chi connectivity index (χ4n) is 3.42. The highest BCUT2D eigenvalue weighted by molar-refractivity contribution is 7.99. The zero-order valence-electron chi connectivity index (χ0n) is 19.5. The van der Waals surface area contributed by atoms with Crippen LogP contribution in [0.2, 0.25) is 15.1 Å². The van der Waals surface area contributed by atoms with E-state index in [0.717, 1.165) is 35.1 Å². The molecule has 188 valence electrons. The van der Waals surface area contributed by atoms with E-state index in [9.17, 15) is 0 Å². The van der Waals surface area contributed by atoms with Gasteiger partial charge in [0, 0.05) is 27.9 Å². The third-order valence-corrected chi connectivity index (χ3v) is 7.21. The van der Waals surface area contributed by atoms with Crippen LogP contribution in [0.5, 0.6) is 11.5 Å². The number of nitrogens with one attached hydrogen (secondary N) is 1. The molecule has 1 heterocycles. The maximum absolute atomic E-state index is 6.52. The van der Waals surface area contributed by atoms with Gasteiger partial charge in [-0.15, -0.1) is 5.10 Å². The number of benzene rings is 3. The van der Waals surface area contributed by atoms with Crippen LogP contribution < -0.4 is 14.8 Å². The van der Waals surface area contributed by atoms with Gasteiger partial charge in [-0.25, -0.2) is 0 Å².